The number of nitrogens with zero attached hydrogens (tertiary/aromatic N) is 1. The molecule has 1 heterocycles. The fourth-order valence-electron chi connectivity index (χ4n) is 2.77. The first-order valence-electron chi connectivity index (χ1n) is 7.37. The highest BCUT2D eigenvalue weighted by Gasteiger charge is 2.33. The average Bonchev–Trinajstić information content (AvgIpc) is 2.56. The summed E-state index contributed by atoms with van der Waals surface area (Å²) in [6, 6.07) is 10.2. The Labute approximate surface area is 139 Å². The Morgan fingerprint density at radius 1 is 1.17 bits per heavy atom. The Kier molecular flexibility index (Phi) is 4.28. The first-order chi connectivity index (χ1) is 11.4. The van der Waals surface area contributed by atoms with Crippen molar-refractivity contribution in [2.75, 3.05) is 18.0 Å². The van der Waals surface area contributed by atoms with Crippen molar-refractivity contribution in [1.29, 1.82) is 0 Å². The first kappa shape index (κ1) is 16.4. The lowest BCUT2D eigenvalue weighted by atomic mass is 10.0. The van der Waals surface area contributed by atoms with Gasteiger partial charge in [-0.1, -0.05) is 18.2 Å². The lowest BCUT2D eigenvalue weighted by Crippen LogP contribution is -2.38. The third-order valence-corrected chi connectivity index (χ3v) is 5.64. The Morgan fingerprint density at radius 3 is 2.54 bits per heavy atom. The second-order valence-corrected chi connectivity index (χ2v) is 7.38. The highest BCUT2D eigenvalue weighted by molar-refractivity contribution is 7.92. The normalized spacial score (nSPS) is 14.4. The molecule has 0 unspecified atom stereocenters. The molecule has 3 rings (SSSR count). The Morgan fingerprint density at radius 2 is 1.88 bits per heavy atom. The maximum Gasteiger partial charge on any atom is 0.239 e. The minimum Gasteiger partial charge on any atom is -0.495 e. The minimum absolute atomic E-state index is 0.0652. The van der Waals surface area contributed by atoms with Gasteiger partial charge in [0.2, 0.25) is 10.0 Å². The van der Waals surface area contributed by atoms with E-state index in [9.17, 15) is 17.6 Å². The fraction of sp³-hybridized carbons (Fsp3) is 0.235. The number of carbonyl (C=O) groups is 1. The van der Waals surface area contributed by atoms with Crippen molar-refractivity contribution in [3.63, 3.8) is 0 Å². The van der Waals surface area contributed by atoms with Crippen LogP contribution in [-0.2, 0) is 15.8 Å². The van der Waals surface area contributed by atoms with Crippen LogP contribution in [0.4, 0.5) is 10.1 Å². The minimum atomic E-state index is -3.74. The number of fused-ring (bicyclic) bond motifs is 1. The van der Waals surface area contributed by atoms with Gasteiger partial charge in [-0.3, -0.25) is 9.10 Å². The SMILES string of the molecule is COc1cccc2c1N(S(=O)(=O)Cc1ccc(F)cc1)CCC2=O. The lowest BCUT2D eigenvalue weighted by Gasteiger charge is -2.31. The van der Waals surface area contributed by atoms with Crippen molar-refractivity contribution in [2.45, 2.75) is 12.2 Å². The number of methoxy groups -OCH3 is 1. The van der Waals surface area contributed by atoms with E-state index in [1.54, 1.807) is 18.2 Å². The lowest BCUT2D eigenvalue weighted by molar-refractivity contribution is 0.0981. The monoisotopic (exact) mass is 349 g/mol. The van der Waals surface area contributed by atoms with Crippen LogP contribution in [0.1, 0.15) is 22.3 Å². The van der Waals surface area contributed by atoms with Crippen LogP contribution in [0.2, 0.25) is 0 Å². The molecule has 0 bridgehead atoms. The zero-order valence-electron chi connectivity index (χ0n) is 13.0. The van der Waals surface area contributed by atoms with E-state index in [2.05, 4.69) is 0 Å². The number of hydrogen-bond acceptors (Lipinski definition) is 4. The number of para-hydroxylation sites is 1. The van der Waals surface area contributed by atoms with E-state index in [0.29, 0.717) is 16.9 Å². The van der Waals surface area contributed by atoms with E-state index in [4.69, 9.17) is 4.74 Å². The molecule has 0 saturated carbocycles. The molecule has 0 aliphatic carbocycles. The number of rotatable bonds is 4. The maximum absolute atomic E-state index is 13.0. The number of anilines is 1. The molecule has 0 fully saturated rings. The largest absolute Gasteiger partial charge is 0.495 e. The molecule has 0 spiro atoms. The van der Waals surface area contributed by atoms with Gasteiger partial charge in [0.15, 0.2) is 5.78 Å². The van der Waals surface area contributed by atoms with Crippen molar-refractivity contribution in [2.24, 2.45) is 0 Å². The van der Waals surface area contributed by atoms with Crippen LogP contribution in [0, 0.1) is 5.82 Å². The standard InChI is InChI=1S/C17H16FNO4S/c1-23-16-4-2-3-14-15(20)9-10-19(17(14)16)24(21,22)11-12-5-7-13(18)8-6-12/h2-8H,9-11H2,1H3. The third kappa shape index (κ3) is 2.99. The van der Waals surface area contributed by atoms with Crippen molar-refractivity contribution < 1.29 is 22.3 Å². The van der Waals surface area contributed by atoms with E-state index >= 15 is 0 Å². The van der Waals surface area contributed by atoms with E-state index < -0.39 is 15.8 Å². The Bertz CT molecular complexity index is 878. The van der Waals surface area contributed by atoms with Crippen molar-refractivity contribution in [3.8, 4) is 5.75 Å². The summed E-state index contributed by atoms with van der Waals surface area (Å²) in [6.45, 7) is 0.0652. The number of ketones is 1. The second-order valence-electron chi connectivity index (χ2n) is 5.48. The number of sulfonamides is 1. The molecule has 7 heteroatoms. The van der Waals surface area contributed by atoms with E-state index in [0.717, 1.165) is 0 Å². The van der Waals surface area contributed by atoms with Gasteiger partial charge < -0.3 is 4.74 Å². The zero-order valence-corrected chi connectivity index (χ0v) is 13.8. The van der Waals surface area contributed by atoms with Gasteiger partial charge >= 0.3 is 0 Å². The fourth-order valence-corrected chi connectivity index (χ4v) is 4.37. The Balaban J connectivity index is 2.02. The predicted octanol–water partition coefficient (Wildman–Crippen LogP) is 2.76. The number of carbonyl (C=O) groups excluding carboxylic acids is 1. The molecular weight excluding hydrogens is 333 g/mol. The van der Waals surface area contributed by atoms with Gasteiger partial charge in [0.05, 0.1) is 12.9 Å². The van der Waals surface area contributed by atoms with E-state index in [-0.39, 0.29) is 30.2 Å². The molecular formula is C17H16FNO4S. The van der Waals surface area contributed by atoms with Crippen molar-refractivity contribution in [1.82, 2.24) is 0 Å². The third-order valence-electron chi connectivity index (χ3n) is 3.91. The number of hydrogen-bond donors (Lipinski definition) is 0. The maximum atomic E-state index is 13.0. The molecule has 1 aliphatic heterocycles. The molecule has 5 nitrogen and oxygen atoms in total. The topological polar surface area (TPSA) is 63.7 Å². The summed E-state index contributed by atoms with van der Waals surface area (Å²) in [4.78, 5) is 12.1. The molecule has 24 heavy (non-hydrogen) atoms. The summed E-state index contributed by atoms with van der Waals surface area (Å²) in [6.07, 6.45) is 0.114. The molecule has 0 N–H and O–H groups in total. The molecule has 126 valence electrons. The smallest absolute Gasteiger partial charge is 0.239 e. The van der Waals surface area contributed by atoms with Gasteiger partial charge in [-0.15, -0.1) is 0 Å². The molecule has 0 amide bonds. The van der Waals surface area contributed by atoms with Crippen molar-refractivity contribution in [3.05, 3.63) is 59.4 Å². The number of halogens is 1. The highest BCUT2D eigenvalue weighted by atomic mass is 32.2. The molecule has 2 aromatic rings. The van der Waals surface area contributed by atoms with Crippen LogP contribution in [0.15, 0.2) is 42.5 Å². The van der Waals surface area contributed by atoms with Gasteiger partial charge in [0, 0.05) is 18.5 Å². The van der Waals surface area contributed by atoms with Gasteiger partial charge in [-0.2, -0.15) is 0 Å². The molecule has 0 aromatic heterocycles. The summed E-state index contributed by atoms with van der Waals surface area (Å²) in [5, 5.41) is 0. The van der Waals surface area contributed by atoms with E-state index in [1.165, 1.54) is 35.7 Å². The molecule has 0 saturated heterocycles. The van der Waals surface area contributed by atoms with Crippen LogP contribution in [0.3, 0.4) is 0 Å². The molecule has 0 atom stereocenters. The summed E-state index contributed by atoms with van der Waals surface area (Å²) >= 11 is 0. The van der Waals surface area contributed by atoms with Crippen molar-refractivity contribution >= 4 is 21.5 Å². The number of benzene rings is 2. The Hall–Kier alpha value is -2.41. The highest BCUT2D eigenvalue weighted by Crippen LogP contribution is 2.38. The van der Waals surface area contributed by atoms with Crippen LogP contribution in [-0.4, -0.2) is 27.9 Å². The summed E-state index contributed by atoms with van der Waals surface area (Å²) in [5.74, 6) is -0.481. The summed E-state index contributed by atoms with van der Waals surface area (Å²) < 4.78 is 45.1. The summed E-state index contributed by atoms with van der Waals surface area (Å²) in [7, 11) is -2.31. The van der Waals surface area contributed by atoms with Gasteiger partial charge in [0.1, 0.15) is 17.3 Å². The number of ether oxygens (including phenoxy) is 1. The first-order valence-corrected chi connectivity index (χ1v) is 8.98. The van der Waals surface area contributed by atoms with Gasteiger partial charge in [-0.25, -0.2) is 12.8 Å². The quantitative estimate of drug-likeness (QED) is 0.851. The van der Waals surface area contributed by atoms with Crippen LogP contribution < -0.4 is 9.04 Å². The van der Waals surface area contributed by atoms with Crippen LogP contribution in [0.25, 0.3) is 0 Å². The molecule has 0 radical (unpaired) electrons. The van der Waals surface area contributed by atoms with E-state index in [1.807, 2.05) is 0 Å². The van der Waals surface area contributed by atoms with Gasteiger partial charge in [0.25, 0.3) is 0 Å². The molecule has 1 aliphatic rings. The second kappa shape index (κ2) is 6.24. The predicted molar refractivity (Wildman–Crippen MR) is 88.3 cm³/mol. The van der Waals surface area contributed by atoms with Crippen LogP contribution >= 0.6 is 0 Å². The van der Waals surface area contributed by atoms with Crippen LogP contribution in [0.5, 0.6) is 5.75 Å². The molecule has 2 aromatic carbocycles. The zero-order chi connectivity index (χ0) is 17.3. The van der Waals surface area contributed by atoms with Gasteiger partial charge in [-0.05, 0) is 29.8 Å². The average molecular weight is 349 g/mol. The summed E-state index contributed by atoms with van der Waals surface area (Å²) in [5.41, 5.74) is 1.09. The number of Topliss-reactive ketones (excluding diaryl/α,β-unsaturated/α-hetero) is 1.